The fourth-order valence-electron chi connectivity index (χ4n) is 5.71. The largest absolute Gasteiger partial charge is 0.380 e. The van der Waals surface area contributed by atoms with Gasteiger partial charge in [-0.2, -0.15) is 0 Å². The van der Waals surface area contributed by atoms with E-state index in [1.807, 2.05) is 16.7 Å². The summed E-state index contributed by atoms with van der Waals surface area (Å²) in [6.45, 7) is 5.33. The van der Waals surface area contributed by atoms with Gasteiger partial charge in [-0.05, 0) is 58.0 Å². The number of nitrogens with one attached hydrogen (secondary N) is 4. The lowest BCUT2D eigenvalue weighted by Gasteiger charge is -2.36. The first-order chi connectivity index (χ1) is 15.9. The van der Waals surface area contributed by atoms with Gasteiger partial charge in [0, 0.05) is 37.4 Å². The Morgan fingerprint density at radius 2 is 2.03 bits per heavy atom. The highest BCUT2D eigenvalue weighted by molar-refractivity contribution is 8.00. The van der Waals surface area contributed by atoms with E-state index >= 15 is 0 Å². The van der Waals surface area contributed by atoms with Gasteiger partial charge in [-0.1, -0.05) is 13.3 Å². The number of carbonyl (C=O) groups excluding carboxylic acids is 2. The minimum Gasteiger partial charge on any atom is -0.380 e. The highest BCUT2D eigenvalue weighted by Gasteiger charge is 2.37. The first-order valence-electron chi connectivity index (χ1n) is 12.6. The Kier molecular flexibility index (Phi) is 8.92. The number of hydrogen-bond donors (Lipinski definition) is 4. The summed E-state index contributed by atoms with van der Waals surface area (Å²) in [7, 11) is 3.83. The van der Waals surface area contributed by atoms with Gasteiger partial charge in [-0.15, -0.1) is 11.8 Å². The van der Waals surface area contributed by atoms with Crippen LogP contribution in [0, 0.1) is 11.8 Å². The second-order valence-electron chi connectivity index (χ2n) is 10.2. The van der Waals surface area contributed by atoms with Crippen LogP contribution in [0.1, 0.15) is 51.9 Å². The maximum Gasteiger partial charge on any atom is 0.237 e. The van der Waals surface area contributed by atoms with Crippen molar-refractivity contribution in [1.82, 2.24) is 31.3 Å². The van der Waals surface area contributed by atoms with E-state index in [0.717, 1.165) is 45.3 Å². The van der Waals surface area contributed by atoms with E-state index in [1.54, 1.807) is 7.11 Å². The fourth-order valence-corrected chi connectivity index (χ4v) is 7.02. The number of carbonyl (C=O) groups is 2. The SMILES string of the molecule is CO[C@@H]1CCN(C(=O)C2CCNC(C(=O)NC3CCCC([C@H](C)SC4NNCN4C)C3)C2)C1. The molecule has 0 aromatic carbocycles. The van der Waals surface area contributed by atoms with Crippen molar-refractivity contribution in [2.24, 2.45) is 11.8 Å². The Morgan fingerprint density at radius 3 is 2.76 bits per heavy atom. The van der Waals surface area contributed by atoms with E-state index < -0.39 is 0 Å². The maximum absolute atomic E-state index is 13.1. The maximum atomic E-state index is 13.1. The molecule has 188 valence electrons. The molecule has 33 heavy (non-hydrogen) atoms. The van der Waals surface area contributed by atoms with E-state index in [9.17, 15) is 9.59 Å². The zero-order valence-electron chi connectivity index (χ0n) is 20.3. The van der Waals surface area contributed by atoms with Crippen molar-refractivity contribution in [1.29, 1.82) is 0 Å². The molecule has 2 amide bonds. The summed E-state index contributed by atoms with van der Waals surface area (Å²) in [5.41, 5.74) is 6.82. The van der Waals surface area contributed by atoms with Gasteiger partial charge in [0.1, 0.15) is 5.50 Å². The predicted molar refractivity (Wildman–Crippen MR) is 130 cm³/mol. The Bertz CT molecular complexity index is 685. The number of hydrogen-bond acceptors (Lipinski definition) is 8. The summed E-state index contributed by atoms with van der Waals surface area (Å²) >= 11 is 1.96. The number of thioether (sulfide) groups is 1. The van der Waals surface area contributed by atoms with Crippen LogP contribution in [0.5, 0.6) is 0 Å². The number of nitrogens with zero attached hydrogens (tertiary/aromatic N) is 2. The molecule has 4 aliphatic rings. The molecule has 4 N–H and O–H groups in total. The number of rotatable bonds is 7. The van der Waals surface area contributed by atoms with E-state index in [1.165, 1.54) is 6.42 Å². The third-order valence-electron chi connectivity index (χ3n) is 7.88. The van der Waals surface area contributed by atoms with E-state index in [4.69, 9.17) is 4.74 Å². The molecule has 3 heterocycles. The number of ether oxygens (including phenoxy) is 1. The molecule has 0 aromatic rings. The zero-order chi connectivity index (χ0) is 23.4. The van der Waals surface area contributed by atoms with Crippen LogP contribution in [0.4, 0.5) is 0 Å². The Morgan fingerprint density at radius 1 is 1.18 bits per heavy atom. The predicted octanol–water partition coefficient (Wildman–Crippen LogP) is 0.679. The molecule has 1 saturated carbocycles. The summed E-state index contributed by atoms with van der Waals surface area (Å²) in [5, 5.41) is 7.21. The summed E-state index contributed by atoms with van der Waals surface area (Å²) in [6.07, 6.45) is 6.90. The second kappa shape index (κ2) is 11.7. The van der Waals surface area contributed by atoms with Crippen molar-refractivity contribution in [3.8, 4) is 0 Å². The molecule has 0 bridgehead atoms. The minimum atomic E-state index is -0.275. The van der Waals surface area contributed by atoms with Gasteiger partial charge in [0.15, 0.2) is 0 Å². The summed E-state index contributed by atoms with van der Waals surface area (Å²) in [5.74, 6) is 0.786. The third kappa shape index (κ3) is 6.41. The molecule has 9 nitrogen and oxygen atoms in total. The van der Waals surface area contributed by atoms with Crippen LogP contribution in [0.15, 0.2) is 0 Å². The average Bonchev–Trinajstić information content (AvgIpc) is 3.48. The van der Waals surface area contributed by atoms with E-state index in [-0.39, 0.29) is 35.9 Å². The van der Waals surface area contributed by atoms with E-state index in [0.29, 0.717) is 36.2 Å². The van der Waals surface area contributed by atoms with Crippen molar-refractivity contribution in [3.05, 3.63) is 0 Å². The Balaban J connectivity index is 1.24. The molecule has 10 heteroatoms. The standard InChI is InChI=1S/C23H42N6O3S/c1-15(33-23-27-25-14-28(23)2)16-5-4-6-18(11-16)26-21(30)20-12-17(7-9-24-20)22(31)29-10-8-19(13-29)32-3/h15-20,23-25,27H,4-14H2,1-3H3,(H,26,30)/t15-,16?,17?,18?,19+,20?,23?/m0/s1. The first kappa shape index (κ1) is 25.2. The van der Waals surface area contributed by atoms with Crippen LogP contribution in [0.3, 0.4) is 0 Å². The highest BCUT2D eigenvalue weighted by atomic mass is 32.2. The highest BCUT2D eigenvalue weighted by Crippen LogP contribution is 2.35. The van der Waals surface area contributed by atoms with Gasteiger partial charge < -0.3 is 20.3 Å². The lowest BCUT2D eigenvalue weighted by Crippen LogP contribution is -2.54. The van der Waals surface area contributed by atoms with Gasteiger partial charge in [-0.25, -0.2) is 10.9 Å². The van der Waals surface area contributed by atoms with E-state index in [2.05, 4.69) is 40.4 Å². The minimum absolute atomic E-state index is 0.0658. The van der Waals surface area contributed by atoms with Crippen molar-refractivity contribution in [2.75, 3.05) is 40.5 Å². The average molecular weight is 483 g/mol. The van der Waals surface area contributed by atoms with Crippen molar-refractivity contribution in [2.45, 2.75) is 80.8 Å². The first-order valence-corrected chi connectivity index (χ1v) is 13.6. The molecule has 0 radical (unpaired) electrons. The zero-order valence-corrected chi connectivity index (χ0v) is 21.2. The molecule has 3 aliphatic heterocycles. The monoisotopic (exact) mass is 482 g/mol. The number of hydrazine groups is 1. The van der Waals surface area contributed by atoms with Crippen LogP contribution in [-0.4, -0.2) is 91.0 Å². The summed E-state index contributed by atoms with van der Waals surface area (Å²) in [4.78, 5) is 30.3. The molecule has 0 aromatic heterocycles. The Labute approximate surface area is 202 Å². The third-order valence-corrected chi connectivity index (χ3v) is 9.43. The van der Waals surface area contributed by atoms with Crippen LogP contribution in [0.25, 0.3) is 0 Å². The van der Waals surface area contributed by atoms with Crippen LogP contribution >= 0.6 is 11.8 Å². The smallest absolute Gasteiger partial charge is 0.237 e. The Hall–Kier alpha value is -0.910. The van der Waals surface area contributed by atoms with Crippen molar-refractivity contribution < 1.29 is 14.3 Å². The fraction of sp³-hybridized carbons (Fsp3) is 0.913. The normalized spacial score (nSPS) is 36.6. The van der Waals surface area contributed by atoms with Crippen molar-refractivity contribution >= 4 is 23.6 Å². The lowest BCUT2D eigenvalue weighted by molar-refractivity contribution is -0.137. The van der Waals surface area contributed by atoms with Crippen LogP contribution < -0.4 is 21.5 Å². The van der Waals surface area contributed by atoms with Gasteiger partial charge in [0.05, 0.1) is 18.8 Å². The number of piperidine rings is 1. The molecule has 4 rings (SSSR count). The van der Waals surface area contributed by atoms with Crippen LogP contribution in [0.2, 0.25) is 0 Å². The quantitative estimate of drug-likeness (QED) is 0.421. The van der Waals surface area contributed by atoms with Gasteiger partial charge in [0.25, 0.3) is 0 Å². The molecule has 4 fully saturated rings. The lowest BCUT2D eigenvalue weighted by atomic mass is 9.83. The number of likely N-dealkylation sites (tertiary alicyclic amines) is 1. The molecule has 3 saturated heterocycles. The van der Waals surface area contributed by atoms with Crippen LogP contribution in [-0.2, 0) is 14.3 Å². The van der Waals surface area contributed by atoms with Gasteiger partial charge >= 0.3 is 0 Å². The molecule has 1 aliphatic carbocycles. The topological polar surface area (TPSA) is 98.0 Å². The second-order valence-corrected chi connectivity index (χ2v) is 11.7. The molecule has 5 unspecified atom stereocenters. The number of amides is 2. The molecule has 0 spiro atoms. The molecular weight excluding hydrogens is 440 g/mol. The van der Waals surface area contributed by atoms with Gasteiger partial charge in [0.2, 0.25) is 11.8 Å². The number of methoxy groups -OCH3 is 1. The molecule has 7 atom stereocenters. The van der Waals surface area contributed by atoms with Crippen molar-refractivity contribution in [3.63, 3.8) is 0 Å². The van der Waals surface area contributed by atoms with Gasteiger partial charge in [-0.3, -0.25) is 14.5 Å². The molecular formula is C23H42N6O3S. The summed E-state index contributed by atoms with van der Waals surface area (Å²) < 4.78 is 5.41. The summed E-state index contributed by atoms with van der Waals surface area (Å²) in [6, 6.07) is -0.0475.